The van der Waals surface area contributed by atoms with Gasteiger partial charge in [-0.25, -0.2) is 13.4 Å². The number of sulfone groups is 1. The smallest absolute Gasteiger partial charge is 0.232 e. The lowest BCUT2D eigenvalue weighted by Crippen LogP contribution is -2.15. The van der Waals surface area contributed by atoms with Crippen molar-refractivity contribution in [1.82, 2.24) is 9.55 Å². The van der Waals surface area contributed by atoms with E-state index in [0.29, 0.717) is 11.4 Å². The molecule has 0 saturated heterocycles. The number of aromatic nitrogens is 2. The van der Waals surface area contributed by atoms with Gasteiger partial charge in [0.1, 0.15) is 5.75 Å². The van der Waals surface area contributed by atoms with Crippen LogP contribution in [0.4, 0.5) is 0 Å². The van der Waals surface area contributed by atoms with Crippen molar-refractivity contribution in [1.29, 1.82) is 0 Å². The highest BCUT2D eigenvalue weighted by atomic mass is 32.2. The maximum atomic E-state index is 12.0. The fourth-order valence-electron chi connectivity index (χ4n) is 1.69. The van der Waals surface area contributed by atoms with Gasteiger partial charge >= 0.3 is 0 Å². The van der Waals surface area contributed by atoms with Crippen LogP contribution < -0.4 is 4.74 Å². The number of rotatable bonds is 5. The van der Waals surface area contributed by atoms with Crippen LogP contribution in [0.5, 0.6) is 5.75 Å². The molecule has 2 aromatic rings. The number of aliphatic hydroxyl groups excluding tert-OH is 1. The van der Waals surface area contributed by atoms with Crippen LogP contribution >= 0.6 is 0 Å². The van der Waals surface area contributed by atoms with Crippen molar-refractivity contribution in [3.63, 3.8) is 0 Å². The highest BCUT2D eigenvalue weighted by Crippen LogP contribution is 2.20. The van der Waals surface area contributed by atoms with Crippen LogP contribution in [-0.2, 0) is 9.84 Å². The quantitative estimate of drug-likeness (QED) is 0.870. The summed E-state index contributed by atoms with van der Waals surface area (Å²) in [6.45, 7) is -0.437. The minimum atomic E-state index is -3.60. The first-order valence-electron chi connectivity index (χ1n) is 5.60. The average Bonchev–Trinajstić information content (AvgIpc) is 2.89. The van der Waals surface area contributed by atoms with Gasteiger partial charge in [0.25, 0.3) is 0 Å². The zero-order chi connectivity index (χ0) is 13.9. The molecule has 0 fully saturated rings. The Labute approximate surface area is 111 Å². The van der Waals surface area contributed by atoms with Crippen molar-refractivity contribution in [3.05, 3.63) is 36.7 Å². The highest BCUT2D eigenvalue weighted by Gasteiger charge is 2.20. The normalized spacial score (nSPS) is 11.5. The summed E-state index contributed by atoms with van der Waals surface area (Å²) in [7, 11) is -2.07. The lowest BCUT2D eigenvalue weighted by atomic mass is 10.3. The first-order valence-corrected chi connectivity index (χ1v) is 7.25. The Bertz CT molecular complexity index is 664. The Hall–Kier alpha value is -1.86. The second-order valence-corrected chi connectivity index (χ2v) is 5.83. The minimum Gasteiger partial charge on any atom is -0.497 e. The molecule has 6 nitrogen and oxygen atoms in total. The largest absolute Gasteiger partial charge is 0.497 e. The number of methoxy groups -OCH3 is 1. The van der Waals surface area contributed by atoms with Crippen molar-refractivity contribution >= 4 is 9.84 Å². The molecule has 0 radical (unpaired) electrons. The molecule has 19 heavy (non-hydrogen) atoms. The summed E-state index contributed by atoms with van der Waals surface area (Å²) < 4.78 is 30.5. The van der Waals surface area contributed by atoms with Gasteiger partial charge in [-0.05, 0) is 12.1 Å². The maximum Gasteiger partial charge on any atom is 0.232 e. The lowest BCUT2D eigenvalue weighted by Gasteiger charge is -2.09. The minimum absolute atomic E-state index is 0.0881. The first kappa shape index (κ1) is 13.6. The molecule has 102 valence electrons. The van der Waals surface area contributed by atoms with Gasteiger partial charge < -0.3 is 9.84 Å². The number of ether oxygens (including phenoxy) is 1. The summed E-state index contributed by atoms with van der Waals surface area (Å²) in [5.74, 6) is 0.269. The molecule has 1 aromatic carbocycles. The van der Waals surface area contributed by atoms with Gasteiger partial charge in [0.15, 0.2) is 0 Å². The molecule has 0 aliphatic rings. The summed E-state index contributed by atoms with van der Waals surface area (Å²) in [4.78, 5) is 3.86. The Balaban J connectivity index is 2.50. The summed E-state index contributed by atoms with van der Waals surface area (Å²) in [5.41, 5.74) is 0.633. The van der Waals surface area contributed by atoms with Gasteiger partial charge in [0.05, 0.1) is 25.2 Å². The molecule has 1 aromatic heterocycles. The van der Waals surface area contributed by atoms with E-state index in [1.165, 1.54) is 17.9 Å². The molecule has 1 heterocycles. The number of hydrogen-bond donors (Lipinski definition) is 1. The molecule has 0 atom stereocenters. The zero-order valence-corrected chi connectivity index (χ0v) is 11.2. The Morgan fingerprint density at radius 1 is 1.42 bits per heavy atom. The topological polar surface area (TPSA) is 81.4 Å². The number of nitrogens with zero attached hydrogens (tertiary/aromatic N) is 2. The predicted molar refractivity (Wildman–Crippen MR) is 69.3 cm³/mol. The molecular formula is C12H14N2O4S. The zero-order valence-electron chi connectivity index (χ0n) is 10.4. The third kappa shape index (κ3) is 2.77. The van der Waals surface area contributed by atoms with E-state index in [-0.39, 0.29) is 10.9 Å². The molecule has 0 spiro atoms. The third-order valence-electron chi connectivity index (χ3n) is 2.58. The highest BCUT2D eigenvalue weighted by molar-refractivity contribution is 7.91. The summed E-state index contributed by atoms with van der Waals surface area (Å²) in [5, 5.41) is 8.72. The molecule has 0 unspecified atom stereocenters. The van der Waals surface area contributed by atoms with E-state index in [1.54, 1.807) is 30.5 Å². The van der Waals surface area contributed by atoms with Crippen LogP contribution in [0.3, 0.4) is 0 Å². The van der Waals surface area contributed by atoms with Crippen molar-refractivity contribution in [3.8, 4) is 11.4 Å². The van der Waals surface area contributed by atoms with E-state index in [9.17, 15) is 8.42 Å². The summed E-state index contributed by atoms with van der Waals surface area (Å²) in [6.07, 6.45) is 2.96. The average molecular weight is 282 g/mol. The van der Waals surface area contributed by atoms with Crippen molar-refractivity contribution < 1.29 is 18.3 Å². The van der Waals surface area contributed by atoms with Crippen LogP contribution in [0.1, 0.15) is 0 Å². The number of aliphatic hydroxyl groups is 1. The van der Waals surface area contributed by atoms with Gasteiger partial charge in [0.2, 0.25) is 15.0 Å². The standard InChI is InChI=1S/C12H14N2O4S/c1-18-11-4-2-3-10(9-11)14-6-5-13-12(14)19(16,17)8-7-15/h2-6,9,15H,7-8H2,1H3. The second kappa shape index (κ2) is 5.41. The van der Waals surface area contributed by atoms with Gasteiger partial charge in [0, 0.05) is 18.5 Å². The fraction of sp³-hybridized carbons (Fsp3) is 0.250. The first-order chi connectivity index (χ1) is 9.08. The molecule has 7 heteroatoms. The molecule has 1 N–H and O–H groups in total. The van der Waals surface area contributed by atoms with Gasteiger partial charge in [-0.15, -0.1) is 0 Å². The Morgan fingerprint density at radius 3 is 2.89 bits per heavy atom. The number of benzene rings is 1. The molecule has 0 aliphatic carbocycles. The van der Waals surface area contributed by atoms with E-state index < -0.39 is 16.4 Å². The van der Waals surface area contributed by atoms with Gasteiger partial charge in [-0.3, -0.25) is 4.57 Å². The number of imidazole rings is 1. The summed E-state index contributed by atoms with van der Waals surface area (Å²) >= 11 is 0. The Morgan fingerprint density at radius 2 is 2.21 bits per heavy atom. The third-order valence-corrected chi connectivity index (χ3v) is 4.15. The molecular weight excluding hydrogens is 268 g/mol. The van der Waals surface area contributed by atoms with Crippen molar-refractivity contribution in [2.75, 3.05) is 19.5 Å². The van der Waals surface area contributed by atoms with E-state index >= 15 is 0 Å². The van der Waals surface area contributed by atoms with E-state index in [2.05, 4.69) is 4.98 Å². The van der Waals surface area contributed by atoms with E-state index in [0.717, 1.165) is 0 Å². The molecule has 2 rings (SSSR count). The van der Waals surface area contributed by atoms with Crippen molar-refractivity contribution in [2.24, 2.45) is 0 Å². The van der Waals surface area contributed by atoms with Crippen LogP contribution in [0.2, 0.25) is 0 Å². The van der Waals surface area contributed by atoms with Gasteiger partial charge in [-0.1, -0.05) is 6.07 Å². The Kier molecular flexibility index (Phi) is 3.87. The molecule has 0 bridgehead atoms. The van der Waals surface area contributed by atoms with Crippen LogP contribution in [0.25, 0.3) is 5.69 Å². The molecule has 0 aliphatic heterocycles. The maximum absolute atomic E-state index is 12.0. The predicted octanol–water partition coefficient (Wildman–Crippen LogP) is 0.647. The monoisotopic (exact) mass is 282 g/mol. The van der Waals surface area contributed by atoms with Gasteiger partial charge in [-0.2, -0.15) is 0 Å². The van der Waals surface area contributed by atoms with E-state index in [1.807, 2.05) is 0 Å². The lowest BCUT2D eigenvalue weighted by molar-refractivity contribution is 0.319. The van der Waals surface area contributed by atoms with Crippen LogP contribution in [0.15, 0.2) is 41.8 Å². The van der Waals surface area contributed by atoms with Crippen LogP contribution in [0, 0.1) is 0 Å². The second-order valence-electron chi connectivity index (χ2n) is 3.82. The molecule has 0 amide bonds. The number of hydrogen-bond acceptors (Lipinski definition) is 5. The molecule has 0 saturated carbocycles. The summed E-state index contributed by atoms with van der Waals surface area (Å²) in [6, 6.07) is 6.99. The van der Waals surface area contributed by atoms with E-state index in [4.69, 9.17) is 9.84 Å². The fourth-order valence-corrected chi connectivity index (χ4v) is 2.80. The van der Waals surface area contributed by atoms with Crippen molar-refractivity contribution in [2.45, 2.75) is 5.16 Å². The van der Waals surface area contributed by atoms with Crippen LogP contribution in [-0.4, -0.2) is 42.5 Å². The SMILES string of the molecule is COc1cccc(-n2ccnc2S(=O)(=O)CCO)c1.